The van der Waals surface area contributed by atoms with Crippen molar-refractivity contribution in [2.45, 2.75) is 0 Å². The van der Waals surface area contributed by atoms with Crippen LogP contribution in [-0.4, -0.2) is 6.21 Å². The molecule has 0 saturated carbocycles. The van der Waals surface area contributed by atoms with E-state index >= 15 is 0 Å². The molecule has 120 valence electrons. The molecule has 0 aliphatic heterocycles. The SMILES string of the molecule is Clc1ccc(C=Nc2ccc(Oc3ccc(Cl)cc3)c(Cl)c2)cc1. The lowest BCUT2D eigenvalue weighted by molar-refractivity contribution is 0.483. The molecule has 0 N–H and O–H groups in total. The van der Waals surface area contributed by atoms with Crippen molar-refractivity contribution in [1.29, 1.82) is 0 Å². The molecule has 0 atom stereocenters. The monoisotopic (exact) mass is 375 g/mol. The fourth-order valence-corrected chi connectivity index (χ4v) is 2.45. The number of benzene rings is 3. The van der Waals surface area contributed by atoms with Crippen molar-refractivity contribution in [2.24, 2.45) is 4.99 Å². The molecule has 0 amide bonds. The van der Waals surface area contributed by atoms with Gasteiger partial charge in [0.05, 0.1) is 10.7 Å². The average molecular weight is 377 g/mol. The van der Waals surface area contributed by atoms with E-state index in [-0.39, 0.29) is 0 Å². The van der Waals surface area contributed by atoms with Crippen LogP contribution in [0.5, 0.6) is 11.5 Å². The maximum Gasteiger partial charge on any atom is 0.146 e. The number of halogens is 3. The van der Waals surface area contributed by atoms with E-state index in [2.05, 4.69) is 4.99 Å². The lowest BCUT2D eigenvalue weighted by Crippen LogP contribution is -1.85. The van der Waals surface area contributed by atoms with Crippen LogP contribution >= 0.6 is 34.8 Å². The summed E-state index contributed by atoms with van der Waals surface area (Å²) in [5, 5.41) is 1.83. The number of nitrogens with zero attached hydrogens (tertiary/aromatic N) is 1. The van der Waals surface area contributed by atoms with Gasteiger partial charge in [0.15, 0.2) is 0 Å². The molecule has 0 aliphatic rings. The van der Waals surface area contributed by atoms with Crippen molar-refractivity contribution in [3.8, 4) is 11.5 Å². The van der Waals surface area contributed by atoms with Crippen molar-refractivity contribution in [3.63, 3.8) is 0 Å². The predicted octanol–water partition coefficient (Wildman–Crippen LogP) is 7.19. The number of aliphatic imine (C=N–C) groups is 1. The van der Waals surface area contributed by atoms with Crippen LogP contribution in [-0.2, 0) is 0 Å². The normalized spacial score (nSPS) is 11.0. The molecule has 3 aromatic rings. The third kappa shape index (κ3) is 4.51. The number of rotatable bonds is 4. The Morgan fingerprint density at radius 2 is 1.38 bits per heavy atom. The van der Waals surface area contributed by atoms with Gasteiger partial charge in [-0.1, -0.05) is 46.9 Å². The minimum atomic E-state index is 0.482. The summed E-state index contributed by atoms with van der Waals surface area (Å²) in [6.07, 6.45) is 1.75. The van der Waals surface area contributed by atoms with Crippen LogP contribution in [0.15, 0.2) is 71.7 Å². The van der Waals surface area contributed by atoms with E-state index in [9.17, 15) is 0 Å². The molecule has 0 aliphatic carbocycles. The van der Waals surface area contributed by atoms with E-state index in [1.54, 1.807) is 42.6 Å². The van der Waals surface area contributed by atoms with Gasteiger partial charge in [-0.05, 0) is 60.2 Å². The van der Waals surface area contributed by atoms with Gasteiger partial charge >= 0.3 is 0 Å². The van der Waals surface area contributed by atoms with Gasteiger partial charge in [0, 0.05) is 16.3 Å². The van der Waals surface area contributed by atoms with E-state index in [1.807, 2.05) is 30.3 Å². The zero-order valence-electron chi connectivity index (χ0n) is 12.4. The summed E-state index contributed by atoms with van der Waals surface area (Å²) in [7, 11) is 0. The second-order valence-electron chi connectivity index (χ2n) is 4.98. The fraction of sp³-hybridized carbons (Fsp3) is 0. The maximum absolute atomic E-state index is 6.27. The van der Waals surface area contributed by atoms with E-state index < -0.39 is 0 Å². The molecule has 3 rings (SSSR count). The number of hydrogen-bond donors (Lipinski definition) is 0. The van der Waals surface area contributed by atoms with Crippen LogP contribution in [0.1, 0.15) is 5.56 Å². The fourth-order valence-electron chi connectivity index (χ4n) is 1.98. The second kappa shape index (κ2) is 7.71. The van der Waals surface area contributed by atoms with Gasteiger partial charge in [-0.2, -0.15) is 0 Å². The van der Waals surface area contributed by atoms with E-state index in [0.717, 1.165) is 11.3 Å². The summed E-state index contributed by atoms with van der Waals surface area (Å²) in [6, 6.07) is 19.9. The molecule has 24 heavy (non-hydrogen) atoms. The topological polar surface area (TPSA) is 21.6 Å². The first-order chi connectivity index (χ1) is 11.6. The van der Waals surface area contributed by atoms with Crippen LogP contribution in [0.25, 0.3) is 0 Å². The van der Waals surface area contributed by atoms with Gasteiger partial charge in [0.2, 0.25) is 0 Å². The van der Waals surface area contributed by atoms with E-state index in [4.69, 9.17) is 39.5 Å². The molecule has 0 aromatic heterocycles. The van der Waals surface area contributed by atoms with Crippen molar-refractivity contribution in [3.05, 3.63) is 87.4 Å². The number of ether oxygens (including phenoxy) is 1. The van der Waals surface area contributed by atoms with E-state index in [1.165, 1.54) is 0 Å². The Hall–Kier alpha value is -2.00. The molecule has 3 aromatic carbocycles. The third-order valence-electron chi connectivity index (χ3n) is 3.19. The van der Waals surface area contributed by atoms with Crippen LogP contribution in [0, 0.1) is 0 Å². The van der Waals surface area contributed by atoms with Crippen molar-refractivity contribution in [1.82, 2.24) is 0 Å². The Morgan fingerprint density at radius 1 is 0.750 bits per heavy atom. The molecule has 0 bridgehead atoms. The van der Waals surface area contributed by atoms with E-state index in [0.29, 0.717) is 26.6 Å². The van der Waals surface area contributed by atoms with Crippen molar-refractivity contribution >= 4 is 46.7 Å². The average Bonchev–Trinajstić information content (AvgIpc) is 2.58. The van der Waals surface area contributed by atoms with Gasteiger partial charge in [0.1, 0.15) is 11.5 Å². The van der Waals surface area contributed by atoms with Crippen molar-refractivity contribution < 1.29 is 4.74 Å². The van der Waals surface area contributed by atoms with Crippen LogP contribution in [0.2, 0.25) is 15.1 Å². The van der Waals surface area contributed by atoms with Gasteiger partial charge in [-0.25, -0.2) is 0 Å². The standard InChI is InChI=1S/C19H12Cl3NO/c20-14-3-1-13(2-4-14)12-23-16-7-10-19(18(22)11-16)24-17-8-5-15(21)6-9-17/h1-12H. The quantitative estimate of drug-likeness (QED) is 0.441. The summed E-state index contributed by atoms with van der Waals surface area (Å²) >= 11 is 18.0. The molecular formula is C19H12Cl3NO. The highest BCUT2D eigenvalue weighted by Gasteiger charge is 2.04. The lowest BCUT2D eigenvalue weighted by Gasteiger charge is -2.08. The molecule has 0 heterocycles. The zero-order chi connectivity index (χ0) is 16.9. The van der Waals surface area contributed by atoms with Gasteiger partial charge in [0.25, 0.3) is 0 Å². The molecule has 0 fully saturated rings. The second-order valence-corrected chi connectivity index (χ2v) is 6.26. The molecule has 0 unspecified atom stereocenters. The Balaban J connectivity index is 1.74. The first-order valence-corrected chi connectivity index (χ1v) is 8.26. The molecule has 0 saturated heterocycles. The highest BCUT2D eigenvalue weighted by Crippen LogP contribution is 2.32. The zero-order valence-corrected chi connectivity index (χ0v) is 14.7. The Bertz CT molecular complexity index is 859. The minimum Gasteiger partial charge on any atom is -0.456 e. The largest absolute Gasteiger partial charge is 0.456 e. The lowest BCUT2D eigenvalue weighted by atomic mass is 10.2. The minimum absolute atomic E-state index is 0.482. The highest BCUT2D eigenvalue weighted by atomic mass is 35.5. The summed E-state index contributed by atoms with van der Waals surface area (Å²) in [5.41, 5.74) is 1.69. The molecule has 2 nitrogen and oxygen atoms in total. The molecule has 0 radical (unpaired) electrons. The maximum atomic E-state index is 6.27. The smallest absolute Gasteiger partial charge is 0.146 e. The first kappa shape index (κ1) is 16.8. The summed E-state index contributed by atoms with van der Waals surface area (Å²) in [6.45, 7) is 0. The van der Waals surface area contributed by atoms with Gasteiger partial charge in [-0.3, -0.25) is 4.99 Å². The highest BCUT2D eigenvalue weighted by molar-refractivity contribution is 6.32. The molecule has 5 heteroatoms. The third-order valence-corrected chi connectivity index (χ3v) is 3.99. The molecular weight excluding hydrogens is 365 g/mol. The Morgan fingerprint density at radius 3 is 2.00 bits per heavy atom. The van der Waals surface area contributed by atoms with Crippen LogP contribution in [0.4, 0.5) is 5.69 Å². The molecule has 0 spiro atoms. The van der Waals surface area contributed by atoms with Crippen LogP contribution < -0.4 is 4.74 Å². The van der Waals surface area contributed by atoms with Gasteiger partial charge in [-0.15, -0.1) is 0 Å². The Labute approximate surface area is 155 Å². The summed E-state index contributed by atoms with van der Waals surface area (Å²) in [5.74, 6) is 1.23. The number of hydrogen-bond acceptors (Lipinski definition) is 2. The van der Waals surface area contributed by atoms with Gasteiger partial charge < -0.3 is 4.74 Å². The first-order valence-electron chi connectivity index (χ1n) is 7.13. The predicted molar refractivity (Wildman–Crippen MR) is 102 cm³/mol. The summed E-state index contributed by atoms with van der Waals surface area (Å²) < 4.78 is 5.74. The van der Waals surface area contributed by atoms with Crippen molar-refractivity contribution in [2.75, 3.05) is 0 Å². The van der Waals surface area contributed by atoms with Crippen LogP contribution in [0.3, 0.4) is 0 Å². The summed E-state index contributed by atoms with van der Waals surface area (Å²) in [4.78, 5) is 4.40. The Kier molecular flexibility index (Phi) is 5.41.